The molecule has 3 N–H and O–H groups in total. The van der Waals surface area contributed by atoms with Crippen LogP contribution in [0.15, 0.2) is 60.0 Å². The standard InChI is InChI=1S/C26H26ClF2N3O5S/c27-20-5-1-15(25(34)31-18-4-6-21(28)22(29)12-18)9-23(20)38(36,37)19-10-16-2-3-17(11-19)26(16,35)24(33)13-32-8-7-30-14-32/h1,4-9,12,14,16-17,19,24,33,35H,2-3,10-11,13H2,(H,31,34)/t16-,17?,19?,24?,26?/m0/s1. The number of fused-ring (bicyclic) bond motifs is 2. The van der Waals surface area contributed by atoms with E-state index in [0.29, 0.717) is 12.8 Å². The fourth-order valence-electron chi connectivity index (χ4n) is 5.90. The first-order valence-corrected chi connectivity index (χ1v) is 14.1. The second kappa shape index (κ2) is 10.0. The maximum atomic E-state index is 13.7. The fourth-order valence-corrected chi connectivity index (χ4v) is 8.30. The zero-order valence-electron chi connectivity index (χ0n) is 20.1. The molecule has 1 heterocycles. The number of carbonyl (C=O) groups excluding carboxylic acids is 1. The lowest BCUT2D eigenvalue weighted by Crippen LogP contribution is -2.56. The molecule has 5 rings (SSSR count). The van der Waals surface area contributed by atoms with Gasteiger partial charge in [-0.05, 0) is 67.9 Å². The van der Waals surface area contributed by atoms with E-state index in [1.807, 2.05) is 0 Å². The largest absolute Gasteiger partial charge is 0.388 e. The third kappa shape index (κ3) is 4.72. The van der Waals surface area contributed by atoms with Crippen molar-refractivity contribution in [3.05, 3.63) is 77.3 Å². The number of aliphatic hydroxyl groups is 2. The van der Waals surface area contributed by atoms with Crippen LogP contribution in [0.1, 0.15) is 36.0 Å². The number of nitrogens with one attached hydrogen (secondary N) is 1. The Hall–Kier alpha value is -2.86. The van der Waals surface area contributed by atoms with E-state index in [9.17, 15) is 32.2 Å². The molecule has 0 radical (unpaired) electrons. The van der Waals surface area contributed by atoms with Gasteiger partial charge in [-0.2, -0.15) is 0 Å². The summed E-state index contributed by atoms with van der Waals surface area (Å²) in [5.41, 5.74) is -1.44. The molecule has 2 saturated carbocycles. The minimum Gasteiger partial charge on any atom is -0.388 e. The molecule has 0 spiro atoms. The van der Waals surface area contributed by atoms with Gasteiger partial charge in [-0.25, -0.2) is 22.2 Å². The third-order valence-corrected chi connectivity index (χ3v) is 10.5. The van der Waals surface area contributed by atoms with Crippen molar-refractivity contribution in [1.29, 1.82) is 0 Å². The lowest BCUT2D eigenvalue weighted by atomic mass is 9.71. The molecule has 1 amide bonds. The molecule has 4 unspecified atom stereocenters. The van der Waals surface area contributed by atoms with E-state index in [1.165, 1.54) is 24.3 Å². The molecular formula is C26H26ClF2N3O5S. The number of aliphatic hydroxyl groups excluding tert-OH is 1. The van der Waals surface area contributed by atoms with E-state index >= 15 is 0 Å². The van der Waals surface area contributed by atoms with Gasteiger partial charge in [0.1, 0.15) is 6.10 Å². The van der Waals surface area contributed by atoms with Crippen LogP contribution in [0.3, 0.4) is 0 Å². The first kappa shape index (κ1) is 26.7. The molecule has 2 fully saturated rings. The maximum absolute atomic E-state index is 13.7. The lowest BCUT2D eigenvalue weighted by molar-refractivity contribution is -0.146. The number of benzene rings is 2. The predicted molar refractivity (Wildman–Crippen MR) is 135 cm³/mol. The number of halogens is 3. The SMILES string of the molecule is O=C(Nc1ccc(F)c(F)c1)c1ccc(Cl)c(S(=O)(=O)C2CC3CC[C@@H](C2)C3(O)C(O)Cn2ccnc2)c1. The van der Waals surface area contributed by atoms with Crippen LogP contribution in [0, 0.1) is 23.5 Å². The van der Waals surface area contributed by atoms with Gasteiger partial charge in [0.2, 0.25) is 0 Å². The van der Waals surface area contributed by atoms with Crippen LogP contribution in [0.25, 0.3) is 0 Å². The molecule has 2 aromatic carbocycles. The summed E-state index contributed by atoms with van der Waals surface area (Å²) in [4.78, 5) is 16.5. The number of aromatic nitrogens is 2. The van der Waals surface area contributed by atoms with Crippen molar-refractivity contribution in [2.24, 2.45) is 11.8 Å². The molecule has 2 bridgehead atoms. The monoisotopic (exact) mass is 565 g/mol. The Morgan fingerprint density at radius 3 is 2.50 bits per heavy atom. The number of carbonyl (C=O) groups is 1. The summed E-state index contributed by atoms with van der Waals surface area (Å²) in [6, 6.07) is 6.69. The van der Waals surface area contributed by atoms with Crippen molar-refractivity contribution in [1.82, 2.24) is 9.55 Å². The van der Waals surface area contributed by atoms with E-state index in [-0.39, 0.29) is 40.6 Å². The average Bonchev–Trinajstić information content (AvgIpc) is 3.42. The van der Waals surface area contributed by atoms with Crippen LogP contribution in [0.5, 0.6) is 0 Å². The zero-order valence-corrected chi connectivity index (χ0v) is 21.7. The highest BCUT2D eigenvalue weighted by atomic mass is 35.5. The second-order valence-corrected chi connectivity index (χ2v) is 12.6. The van der Waals surface area contributed by atoms with Crippen LogP contribution in [0.2, 0.25) is 5.02 Å². The quantitative estimate of drug-likeness (QED) is 0.400. The average molecular weight is 566 g/mol. The summed E-state index contributed by atoms with van der Waals surface area (Å²) in [5, 5.41) is 24.0. The van der Waals surface area contributed by atoms with Crippen molar-refractivity contribution >= 4 is 33.0 Å². The number of imidazole rings is 1. The molecule has 2 aliphatic carbocycles. The van der Waals surface area contributed by atoms with E-state index in [1.54, 1.807) is 23.3 Å². The van der Waals surface area contributed by atoms with Crippen LogP contribution < -0.4 is 5.32 Å². The molecule has 8 nitrogen and oxygen atoms in total. The molecule has 0 aliphatic heterocycles. The zero-order chi connectivity index (χ0) is 27.2. The van der Waals surface area contributed by atoms with Gasteiger partial charge in [0.25, 0.3) is 5.91 Å². The maximum Gasteiger partial charge on any atom is 0.255 e. The number of nitrogens with zero attached hydrogens (tertiary/aromatic N) is 2. The number of amides is 1. The first-order valence-electron chi connectivity index (χ1n) is 12.2. The lowest BCUT2D eigenvalue weighted by Gasteiger charge is -2.45. The Labute approximate surface area is 223 Å². The van der Waals surface area contributed by atoms with Crippen LogP contribution in [-0.4, -0.2) is 51.0 Å². The molecule has 38 heavy (non-hydrogen) atoms. The summed E-state index contributed by atoms with van der Waals surface area (Å²) >= 11 is 6.28. The Balaban J connectivity index is 1.36. The normalized spacial score (nSPS) is 25.8. The second-order valence-electron chi connectivity index (χ2n) is 10.0. The van der Waals surface area contributed by atoms with Crippen molar-refractivity contribution in [2.75, 3.05) is 5.32 Å². The highest BCUT2D eigenvalue weighted by molar-refractivity contribution is 7.92. The van der Waals surface area contributed by atoms with Gasteiger partial charge in [0, 0.05) is 29.7 Å². The van der Waals surface area contributed by atoms with Gasteiger partial charge in [-0.1, -0.05) is 11.6 Å². The predicted octanol–water partition coefficient (Wildman–Crippen LogP) is 3.82. The summed E-state index contributed by atoms with van der Waals surface area (Å²) in [7, 11) is -4.02. The van der Waals surface area contributed by atoms with Crippen molar-refractivity contribution in [2.45, 2.75) is 54.1 Å². The van der Waals surface area contributed by atoms with Crippen LogP contribution in [0.4, 0.5) is 14.5 Å². The fraction of sp³-hybridized carbons (Fsp3) is 0.385. The number of sulfone groups is 1. The highest BCUT2D eigenvalue weighted by Gasteiger charge is 2.59. The van der Waals surface area contributed by atoms with Crippen molar-refractivity contribution < 1.29 is 32.2 Å². The molecule has 3 aromatic rings. The summed E-state index contributed by atoms with van der Waals surface area (Å²) in [6.45, 7) is 0.141. The van der Waals surface area contributed by atoms with E-state index in [4.69, 9.17) is 11.6 Å². The summed E-state index contributed by atoms with van der Waals surface area (Å²) < 4.78 is 55.8. The van der Waals surface area contributed by atoms with E-state index in [2.05, 4.69) is 10.3 Å². The van der Waals surface area contributed by atoms with E-state index < -0.39 is 56.2 Å². The number of hydrogen-bond acceptors (Lipinski definition) is 6. The minimum absolute atomic E-state index is 0.00523. The molecule has 5 atom stereocenters. The molecule has 2 aliphatic rings. The Morgan fingerprint density at radius 1 is 1.16 bits per heavy atom. The third-order valence-electron chi connectivity index (χ3n) is 7.86. The molecule has 1 aromatic heterocycles. The Bertz CT molecular complexity index is 1450. The highest BCUT2D eigenvalue weighted by Crippen LogP contribution is 2.53. The number of anilines is 1. The molecule has 12 heteroatoms. The van der Waals surface area contributed by atoms with E-state index in [0.717, 1.165) is 12.1 Å². The van der Waals surface area contributed by atoms with Crippen molar-refractivity contribution in [3.63, 3.8) is 0 Å². The van der Waals surface area contributed by atoms with Gasteiger partial charge in [-0.15, -0.1) is 0 Å². The number of rotatable bonds is 7. The van der Waals surface area contributed by atoms with Crippen molar-refractivity contribution in [3.8, 4) is 0 Å². The van der Waals surface area contributed by atoms with Gasteiger partial charge < -0.3 is 20.1 Å². The Morgan fingerprint density at radius 2 is 1.87 bits per heavy atom. The van der Waals surface area contributed by atoms with Gasteiger partial charge in [0.15, 0.2) is 21.5 Å². The smallest absolute Gasteiger partial charge is 0.255 e. The summed E-state index contributed by atoms with van der Waals surface area (Å²) in [6.07, 6.45) is 5.15. The van der Waals surface area contributed by atoms with Gasteiger partial charge >= 0.3 is 0 Å². The molecule has 0 saturated heterocycles. The topological polar surface area (TPSA) is 122 Å². The van der Waals surface area contributed by atoms with Gasteiger partial charge in [0.05, 0.1) is 33.6 Å². The van der Waals surface area contributed by atoms with Crippen LogP contribution in [-0.2, 0) is 16.4 Å². The van der Waals surface area contributed by atoms with Gasteiger partial charge in [-0.3, -0.25) is 4.79 Å². The summed E-state index contributed by atoms with van der Waals surface area (Å²) in [5.74, 6) is -3.78. The first-order chi connectivity index (χ1) is 18.0. The molecule has 202 valence electrons. The van der Waals surface area contributed by atoms with Crippen LogP contribution >= 0.6 is 11.6 Å². The number of hydrogen-bond donors (Lipinski definition) is 3. The Kier molecular flexibility index (Phi) is 7.06. The molecular weight excluding hydrogens is 540 g/mol. The minimum atomic E-state index is -4.02.